The van der Waals surface area contributed by atoms with Crippen LogP contribution < -0.4 is 0 Å². The van der Waals surface area contributed by atoms with Crippen molar-refractivity contribution in [2.75, 3.05) is 0 Å². The van der Waals surface area contributed by atoms with Crippen molar-refractivity contribution in [3.05, 3.63) is 95.7 Å². The Kier molecular flexibility index (Phi) is 3.95. The zero-order valence-corrected chi connectivity index (χ0v) is 16.0. The summed E-state index contributed by atoms with van der Waals surface area (Å²) in [5.41, 5.74) is 3.21. The maximum absolute atomic E-state index is 4.73. The van der Waals surface area contributed by atoms with E-state index in [0.717, 1.165) is 37.8 Å². The minimum Gasteiger partial charge on any atom is -0.236 e. The van der Waals surface area contributed by atoms with Crippen molar-refractivity contribution in [2.24, 2.45) is 0 Å². The first-order valence-electron chi connectivity index (χ1n) is 8.80. The van der Waals surface area contributed by atoms with Gasteiger partial charge in [0.2, 0.25) is 0 Å². The molecule has 0 unspecified atom stereocenters. The molecule has 1 heterocycles. The molecular formula is C24H15BrN2. The predicted octanol–water partition coefficient (Wildman–Crippen LogP) is 6.88. The van der Waals surface area contributed by atoms with E-state index in [9.17, 15) is 0 Å². The van der Waals surface area contributed by atoms with E-state index in [1.165, 1.54) is 10.8 Å². The highest BCUT2D eigenvalue weighted by Crippen LogP contribution is 2.40. The highest BCUT2D eigenvalue weighted by Gasteiger charge is 2.15. The number of benzene rings is 4. The van der Waals surface area contributed by atoms with Crippen LogP contribution in [0, 0.1) is 0 Å². The van der Waals surface area contributed by atoms with Gasteiger partial charge in [0.05, 0.1) is 0 Å². The molecular weight excluding hydrogens is 396 g/mol. The highest BCUT2D eigenvalue weighted by atomic mass is 79.9. The molecule has 5 aromatic rings. The average molecular weight is 411 g/mol. The zero-order chi connectivity index (χ0) is 18.2. The molecule has 0 spiro atoms. The molecule has 128 valence electrons. The van der Waals surface area contributed by atoms with Gasteiger partial charge in [-0.2, -0.15) is 0 Å². The van der Waals surface area contributed by atoms with Crippen molar-refractivity contribution >= 4 is 37.5 Å². The minimum atomic E-state index is 0.745. The number of hydrogen-bond acceptors (Lipinski definition) is 2. The Labute approximate surface area is 165 Å². The van der Waals surface area contributed by atoms with Crippen LogP contribution in [0.25, 0.3) is 44.1 Å². The summed E-state index contributed by atoms with van der Waals surface area (Å²) in [5, 5.41) is 4.63. The molecule has 0 aliphatic rings. The van der Waals surface area contributed by atoms with Gasteiger partial charge in [0.15, 0.2) is 5.82 Å². The van der Waals surface area contributed by atoms with E-state index >= 15 is 0 Å². The summed E-state index contributed by atoms with van der Waals surface area (Å²) in [4.78, 5) is 9.46. The van der Waals surface area contributed by atoms with Gasteiger partial charge in [-0.15, -0.1) is 0 Å². The highest BCUT2D eigenvalue weighted by molar-refractivity contribution is 9.10. The summed E-state index contributed by atoms with van der Waals surface area (Å²) in [6, 6.07) is 27.0. The monoisotopic (exact) mass is 410 g/mol. The van der Waals surface area contributed by atoms with Gasteiger partial charge in [-0.1, -0.05) is 78.9 Å². The molecule has 3 heteroatoms. The molecule has 1 aromatic heterocycles. The van der Waals surface area contributed by atoms with Crippen LogP contribution in [0.2, 0.25) is 0 Å². The molecule has 0 fully saturated rings. The van der Waals surface area contributed by atoms with Crippen LogP contribution in [-0.4, -0.2) is 9.97 Å². The SMILES string of the molecule is Brc1c2ccccc2c(-c2ncc(-c3ccccc3)cn2)c2ccccc12. The Morgan fingerprint density at radius 2 is 1.00 bits per heavy atom. The van der Waals surface area contributed by atoms with Gasteiger partial charge < -0.3 is 0 Å². The van der Waals surface area contributed by atoms with E-state index < -0.39 is 0 Å². The van der Waals surface area contributed by atoms with Crippen molar-refractivity contribution in [2.45, 2.75) is 0 Å². The largest absolute Gasteiger partial charge is 0.236 e. The number of hydrogen-bond donors (Lipinski definition) is 0. The number of nitrogens with zero attached hydrogens (tertiary/aromatic N) is 2. The van der Waals surface area contributed by atoms with Crippen molar-refractivity contribution in [1.29, 1.82) is 0 Å². The van der Waals surface area contributed by atoms with Gasteiger partial charge in [-0.25, -0.2) is 9.97 Å². The Bertz CT molecular complexity index is 1210. The van der Waals surface area contributed by atoms with Gasteiger partial charge >= 0.3 is 0 Å². The maximum Gasteiger partial charge on any atom is 0.160 e. The van der Waals surface area contributed by atoms with E-state index in [-0.39, 0.29) is 0 Å². The lowest BCUT2D eigenvalue weighted by Crippen LogP contribution is -1.93. The molecule has 0 saturated carbocycles. The third kappa shape index (κ3) is 2.71. The van der Waals surface area contributed by atoms with Crippen molar-refractivity contribution in [3.8, 4) is 22.5 Å². The Balaban J connectivity index is 1.78. The first-order valence-corrected chi connectivity index (χ1v) is 9.59. The van der Waals surface area contributed by atoms with Crippen molar-refractivity contribution < 1.29 is 0 Å². The summed E-state index contributed by atoms with van der Waals surface area (Å²) in [7, 11) is 0. The van der Waals surface area contributed by atoms with Crippen molar-refractivity contribution in [1.82, 2.24) is 9.97 Å². The Hall–Kier alpha value is -3.04. The molecule has 0 atom stereocenters. The fourth-order valence-corrected chi connectivity index (χ4v) is 4.24. The third-order valence-corrected chi connectivity index (χ3v) is 5.70. The van der Waals surface area contributed by atoms with E-state index in [1.807, 2.05) is 30.6 Å². The maximum atomic E-state index is 4.73. The molecule has 0 aliphatic heterocycles. The molecule has 0 aliphatic carbocycles. The quantitative estimate of drug-likeness (QED) is 0.296. The van der Waals surface area contributed by atoms with E-state index in [1.54, 1.807) is 0 Å². The fraction of sp³-hybridized carbons (Fsp3) is 0. The van der Waals surface area contributed by atoms with Crippen LogP contribution in [0.1, 0.15) is 0 Å². The molecule has 2 nitrogen and oxygen atoms in total. The number of fused-ring (bicyclic) bond motifs is 2. The summed E-state index contributed by atoms with van der Waals surface area (Å²) in [5.74, 6) is 0.745. The molecule has 27 heavy (non-hydrogen) atoms. The van der Waals surface area contributed by atoms with Crippen LogP contribution in [0.4, 0.5) is 0 Å². The molecule has 0 bridgehead atoms. The second kappa shape index (κ2) is 6.60. The zero-order valence-electron chi connectivity index (χ0n) is 14.4. The summed E-state index contributed by atoms with van der Waals surface area (Å²) in [6.07, 6.45) is 3.81. The lowest BCUT2D eigenvalue weighted by molar-refractivity contribution is 1.19. The molecule has 5 rings (SSSR count). The van der Waals surface area contributed by atoms with Crippen molar-refractivity contribution in [3.63, 3.8) is 0 Å². The van der Waals surface area contributed by atoms with Crippen LogP contribution in [0.5, 0.6) is 0 Å². The van der Waals surface area contributed by atoms with Crippen LogP contribution in [0.15, 0.2) is 95.7 Å². The fourth-order valence-electron chi connectivity index (χ4n) is 3.55. The summed E-state index contributed by atoms with van der Waals surface area (Å²) < 4.78 is 1.11. The molecule has 0 amide bonds. The standard InChI is InChI=1S/C24H15BrN2/c25-23-20-12-6-4-10-18(20)22(19-11-5-7-13-21(19)23)24-26-14-17(15-27-24)16-8-2-1-3-9-16/h1-15H. The Morgan fingerprint density at radius 1 is 0.519 bits per heavy atom. The molecule has 4 aromatic carbocycles. The number of halogens is 1. The topological polar surface area (TPSA) is 25.8 Å². The van der Waals surface area contributed by atoms with E-state index in [4.69, 9.17) is 9.97 Å². The lowest BCUT2D eigenvalue weighted by atomic mass is 9.96. The minimum absolute atomic E-state index is 0.745. The smallest absolute Gasteiger partial charge is 0.160 e. The third-order valence-electron chi connectivity index (χ3n) is 4.85. The van der Waals surface area contributed by atoms with Gasteiger partial charge in [-0.05, 0) is 43.0 Å². The molecule has 0 saturated heterocycles. The van der Waals surface area contributed by atoms with Gasteiger partial charge in [-0.3, -0.25) is 0 Å². The number of aromatic nitrogens is 2. The Morgan fingerprint density at radius 3 is 1.56 bits per heavy atom. The van der Waals surface area contributed by atoms with Gasteiger partial charge in [0, 0.05) is 28.0 Å². The van der Waals surface area contributed by atoms with Gasteiger partial charge in [0.1, 0.15) is 0 Å². The average Bonchev–Trinajstić information content (AvgIpc) is 2.75. The first kappa shape index (κ1) is 16.2. The van der Waals surface area contributed by atoms with E-state index in [2.05, 4.69) is 76.6 Å². The second-order valence-electron chi connectivity index (χ2n) is 6.44. The summed E-state index contributed by atoms with van der Waals surface area (Å²) in [6.45, 7) is 0. The van der Waals surface area contributed by atoms with Crippen LogP contribution in [-0.2, 0) is 0 Å². The molecule has 0 radical (unpaired) electrons. The van der Waals surface area contributed by atoms with Crippen LogP contribution >= 0.6 is 15.9 Å². The normalized spacial score (nSPS) is 11.1. The summed E-state index contributed by atoms with van der Waals surface area (Å²) >= 11 is 3.79. The first-order chi connectivity index (χ1) is 13.3. The van der Waals surface area contributed by atoms with Gasteiger partial charge in [0.25, 0.3) is 0 Å². The molecule has 0 N–H and O–H groups in total. The van der Waals surface area contributed by atoms with E-state index in [0.29, 0.717) is 0 Å². The van der Waals surface area contributed by atoms with Crippen LogP contribution in [0.3, 0.4) is 0 Å². The number of rotatable bonds is 2. The predicted molar refractivity (Wildman–Crippen MR) is 116 cm³/mol. The second-order valence-corrected chi connectivity index (χ2v) is 7.23. The lowest BCUT2D eigenvalue weighted by Gasteiger charge is -2.13.